The first-order valence-corrected chi connectivity index (χ1v) is 6.44. The van der Waals surface area contributed by atoms with E-state index in [1.807, 2.05) is 4.90 Å². The van der Waals surface area contributed by atoms with Gasteiger partial charge in [-0.05, 0) is 12.5 Å². The van der Waals surface area contributed by atoms with Crippen molar-refractivity contribution in [3.05, 3.63) is 22.2 Å². The lowest BCUT2D eigenvalue weighted by Gasteiger charge is -2.27. The summed E-state index contributed by atoms with van der Waals surface area (Å²) in [6.45, 7) is 5.27. The van der Waals surface area contributed by atoms with Gasteiger partial charge in [-0.25, -0.2) is 4.98 Å². The highest BCUT2D eigenvalue weighted by Crippen LogP contribution is 2.28. The smallest absolute Gasteiger partial charge is 0.311 e. The van der Waals surface area contributed by atoms with E-state index in [0.29, 0.717) is 37.9 Å². The van der Waals surface area contributed by atoms with Crippen molar-refractivity contribution in [3.8, 4) is 0 Å². The summed E-state index contributed by atoms with van der Waals surface area (Å²) >= 11 is 0. The molecule has 1 fully saturated rings. The van der Waals surface area contributed by atoms with E-state index < -0.39 is 0 Å². The standard InChI is InChI=1S/C12H18N4O3/c1-2-5-13-11-4-3-10(16(17)18)12(14-11)15-6-8-19-9-7-15/h3-4H,2,5-9H2,1H3,(H,13,14). The largest absolute Gasteiger partial charge is 0.378 e. The third-order valence-corrected chi connectivity index (χ3v) is 2.92. The van der Waals surface area contributed by atoms with E-state index in [0.717, 1.165) is 13.0 Å². The second-order valence-electron chi connectivity index (χ2n) is 4.32. The summed E-state index contributed by atoms with van der Waals surface area (Å²) in [6.07, 6.45) is 0.978. The monoisotopic (exact) mass is 266 g/mol. The van der Waals surface area contributed by atoms with Crippen molar-refractivity contribution in [2.75, 3.05) is 43.1 Å². The molecular formula is C12H18N4O3. The Morgan fingerprint density at radius 1 is 1.47 bits per heavy atom. The highest BCUT2D eigenvalue weighted by atomic mass is 16.6. The zero-order valence-corrected chi connectivity index (χ0v) is 11.0. The predicted molar refractivity (Wildman–Crippen MR) is 72.7 cm³/mol. The van der Waals surface area contributed by atoms with Crippen LogP contribution in [0, 0.1) is 10.1 Å². The van der Waals surface area contributed by atoms with Crippen LogP contribution in [0.15, 0.2) is 12.1 Å². The molecule has 19 heavy (non-hydrogen) atoms. The second kappa shape index (κ2) is 6.33. The van der Waals surface area contributed by atoms with E-state index in [1.165, 1.54) is 6.07 Å². The number of aromatic nitrogens is 1. The van der Waals surface area contributed by atoms with Crippen LogP contribution in [0.3, 0.4) is 0 Å². The molecule has 1 saturated heterocycles. The average molecular weight is 266 g/mol. The fraction of sp³-hybridized carbons (Fsp3) is 0.583. The molecule has 0 radical (unpaired) electrons. The minimum atomic E-state index is -0.388. The predicted octanol–water partition coefficient (Wildman–Crippen LogP) is 1.65. The number of nitro groups is 1. The summed E-state index contributed by atoms with van der Waals surface area (Å²) in [5.74, 6) is 1.10. The maximum Gasteiger partial charge on any atom is 0.311 e. The van der Waals surface area contributed by atoms with Crippen molar-refractivity contribution in [1.82, 2.24) is 4.98 Å². The first-order valence-electron chi connectivity index (χ1n) is 6.44. The number of nitrogens with one attached hydrogen (secondary N) is 1. The van der Waals surface area contributed by atoms with Crippen LogP contribution in [0.25, 0.3) is 0 Å². The molecule has 0 unspecified atom stereocenters. The molecule has 0 amide bonds. The van der Waals surface area contributed by atoms with Crippen LogP contribution in [0.1, 0.15) is 13.3 Å². The Kier molecular flexibility index (Phi) is 4.51. The quantitative estimate of drug-likeness (QED) is 0.644. The zero-order valence-electron chi connectivity index (χ0n) is 11.0. The summed E-state index contributed by atoms with van der Waals surface area (Å²) in [4.78, 5) is 17.0. The Balaban J connectivity index is 2.27. The number of ether oxygens (including phenoxy) is 1. The van der Waals surface area contributed by atoms with Gasteiger partial charge in [0, 0.05) is 25.7 Å². The topological polar surface area (TPSA) is 80.5 Å². The van der Waals surface area contributed by atoms with Crippen LogP contribution in [-0.4, -0.2) is 42.8 Å². The van der Waals surface area contributed by atoms with Crippen molar-refractivity contribution in [3.63, 3.8) is 0 Å². The summed E-state index contributed by atoms with van der Waals surface area (Å²) in [6, 6.07) is 3.16. The van der Waals surface area contributed by atoms with Gasteiger partial charge in [-0.1, -0.05) is 6.92 Å². The minimum Gasteiger partial charge on any atom is -0.378 e. The summed E-state index contributed by atoms with van der Waals surface area (Å²) < 4.78 is 5.26. The molecule has 0 atom stereocenters. The van der Waals surface area contributed by atoms with Gasteiger partial charge >= 0.3 is 5.69 Å². The van der Waals surface area contributed by atoms with Crippen molar-refractivity contribution in [1.29, 1.82) is 0 Å². The van der Waals surface area contributed by atoms with E-state index in [2.05, 4.69) is 17.2 Å². The van der Waals surface area contributed by atoms with Crippen LogP contribution in [0.5, 0.6) is 0 Å². The van der Waals surface area contributed by atoms with Crippen molar-refractivity contribution < 1.29 is 9.66 Å². The highest BCUT2D eigenvalue weighted by molar-refractivity contribution is 5.62. The van der Waals surface area contributed by atoms with Gasteiger partial charge in [-0.2, -0.15) is 0 Å². The Morgan fingerprint density at radius 3 is 2.84 bits per heavy atom. The highest BCUT2D eigenvalue weighted by Gasteiger charge is 2.23. The molecule has 1 N–H and O–H groups in total. The molecule has 7 heteroatoms. The molecule has 0 aliphatic carbocycles. The van der Waals surface area contributed by atoms with Crippen LogP contribution in [-0.2, 0) is 4.74 Å². The molecule has 7 nitrogen and oxygen atoms in total. The van der Waals surface area contributed by atoms with Gasteiger partial charge < -0.3 is 15.0 Å². The fourth-order valence-corrected chi connectivity index (χ4v) is 1.94. The summed E-state index contributed by atoms with van der Waals surface area (Å²) in [7, 11) is 0. The molecular weight excluding hydrogens is 248 g/mol. The molecule has 104 valence electrons. The number of hydrogen-bond donors (Lipinski definition) is 1. The lowest BCUT2D eigenvalue weighted by molar-refractivity contribution is -0.384. The van der Waals surface area contributed by atoms with Gasteiger partial charge in [0.25, 0.3) is 0 Å². The molecule has 0 aromatic carbocycles. The van der Waals surface area contributed by atoms with Crippen molar-refractivity contribution >= 4 is 17.3 Å². The molecule has 0 bridgehead atoms. The molecule has 0 spiro atoms. The van der Waals surface area contributed by atoms with Crippen LogP contribution in [0.2, 0.25) is 0 Å². The molecule has 1 aromatic rings. The number of pyridine rings is 1. The van der Waals surface area contributed by atoms with E-state index in [9.17, 15) is 10.1 Å². The van der Waals surface area contributed by atoms with Crippen molar-refractivity contribution in [2.45, 2.75) is 13.3 Å². The van der Waals surface area contributed by atoms with Gasteiger partial charge in [0.1, 0.15) is 5.82 Å². The molecule has 1 aliphatic heterocycles. The molecule has 2 rings (SSSR count). The maximum atomic E-state index is 11.1. The zero-order chi connectivity index (χ0) is 13.7. The Bertz CT molecular complexity index is 447. The third kappa shape index (κ3) is 3.31. The van der Waals surface area contributed by atoms with E-state index >= 15 is 0 Å². The molecule has 1 aliphatic rings. The number of nitrogens with zero attached hydrogens (tertiary/aromatic N) is 3. The Morgan fingerprint density at radius 2 is 2.21 bits per heavy atom. The second-order valence-corrected chi connectivity index (χ2v) is 4.32. The Hall–Kier alpha value is -1.89. The SMILES string of the molecule is CCCNc1ccc([N+](=O)[O-])c(N2CCOCC2)n1. The van der Waals surface area contributed by atoms with Gasteiger partial charge in [-0.15, -0.1) is 0 Å². The molecule has 2 heterocycles. The minimum absolute atomic E-state index is 0.0453. The van der Waals surface area contributed by atoms with E-state index in [-0.39, 0.29) is 10.6 Å². The number of anilines is 2. The van der Waals surface area contributed by atoms with Crippen LogP contribution in [0.4, 0.5) is 17.3 Å². The van der Waals surface area contributed by atoms with E-state index in [4.69, 9.17) is 4.74 Å². The molecule has 1 aromatic heterocycles. The Labute approximate surface area is 111 Å². The fourth-order valence-electron chi connectivity index (χ4n) is 1.94. The summed E-state index contributed by atoms with van der Waals surface area (Å²) in [5.41, 5.74) is 0.0453. The first-order chi connectivity index (χ1) is 9.22. The number of morpholine rings is 1. The first kappa shape index (κ1) is 13.5. The summed E-state index contributed by atoms with van der Waals surface area (Å²) in [5, 5.41) is 14.2. The normalized spacial score (nSPS) is 15.3. The maximum absolute atomic E-state index is 11.1. The molecule has 0 saturated carbocycles. The van der Waals surface area contributed by atoms with E-state index in [1.54, 1.807) is 6.07 Å². The number of rotatable bonds is 5. The van der Waals surface area contributed by atoms with Gasteiger partial charge in [0.15, 0.2) is 0 Å². The van der Waals surface area contributed by atoms with Crippen LogP contribution >= 0.6 is 0 Å². The average Bonchev–Trinajstić information content (AvgIpc) is 2.45. The number of hydrogen-bond acceptors (Lipinski definition) is 6. The van der Waals surface area contributed by atoms with Gasteiger partial charge in [0.05, 0.1) is 18.1 Å². The third-order valence-electron chi connectivity index (χ3n) is 2.92. The van der Waals surface area contributed by atoms with Gasteiger partial charge in [-0.3, -0.25) is 10.1 Å². The van der Waals surface area contributed by atoms with Gasteiger partial charge in [0.2, 0.25) is 5.82 Å². The lowest BCUT2D eigenvalue weighted by Crippen LogP contribution is -2.37. The lowest BCUT2D eigenvalue weighted by atomic mass is 10.3. The van der Waals surface area contributed by atoms with Crippen LogP contribution < -0.4 is 10.2 Å². The van der Waals surface area contributed by atoms with Crippen molar-refractivity contribution in [2.24, 2.45) is 0 Å².